The van der Waals surface area contributed by atoms with Crippen LogP contribution >= 0.6 is 0 Å². The molecule has 30 heavy (non-hydrogen) atoms. The Kier molecular flexibility index (Phi) is 6.27. The molecule has 2 aliphatic heterocycles. The highest BCUT2D eigenvalue weighted by Gasteiger charge is 2.50. The van der Waals surface area contributed by atoms with E-state index in [9.17, 15) is 10.3 Å². The first-order valence-corrected chi connectivity index (χ1v) is 9.61. The maximum atomic E-state index is 12.7. The summed E-state index contributed by atoms with van der Waals surface area (Å²) in [6.07, 6.45) is -2.57. The minimum Gasteiger partial charge on any atom is -0.354 e. The van der Waals surface area contributed by atoms with Gasteiger partial charge in [-0.15, -0.1) is 0 Å². The van der Waals surface area contributed by atoms with Crippen molar-refractivity contribution in [2.75, 3.05) is 13.7 Å². The molecule has 6 atom stereocenters. The molecular weight excluding hydrogens is 388 g/mol. The lowest BCUT2D eigenvalue weighted by Gasteiger charge is -2.48. The lowest BCUT2D eigenvalue weighted by Crippen LogP contribution is -2.66. The number of carbonyl (C=O) groups excluding carboxylic acids is 1. The van der Waals surface area contributed by atoms with E-state index >= 15 is 0 Å². The first kappa shape index (κ1) is 20.3. The lowest BCUT2D eigenvalue weighted by atomic mass is 9.93. The van der Waals surface area contributed by atoms with Crippen molar-refractivity contribution in [3.63, 3.8) is 0 Å². The second-order valence-electron chi connectivity index (χ2n) is 7.02. The number of amides is 1. The van der Waals surface area contributed by atoms with Crippen LogP contribution in [0.3, 0.4) is 0 Å². The standard InChI is InChI=1S/C21H22N4O5/c1-27-21-17(23-19(26)13-8-4-2-5-9-13)16(24-25-22)18-15(29-21)12-28-20(30-18)14-10-6-3-7-11-14/h2-11,15-18,20-21H,12H2,1H3,(H,23,26)/t15-,16-,17-,18-,20+,21-/m1/s1. The Morgan fingerprint density at radius 1 is 1.13 bits per heavy atom. The maximum Gasteiger partial charge on any atom is 0.251 e. The molecule has 0 spiro atoms. The zero-order valence-electron chi connectivity index (χ0n) is 16.3. The molecule has 156 valence electrons. The maximum absolute atomic E-state index is 12.7. The third kappa shape index (κ3) is 4.16. The highest BCUT2D eigenvalue weighted by molar-refractivity contribution is 5.94. The number of azide groups is 1. The van der Waals surface area contributed by atoms with Gasteiger partial charge in [-0.25, -0.2) is 0 Å². The molecule has 2 fully saturated rings. The number of carbonyl (C=O) groups is 1. The number of rotatable bonds is 5. The monoisotopic (exact) mass is 410 g/mol. The summed E-state index contributed by atoms with van der Waals surface area (Å²) < 4.78 is 23.4. The zero-order valence-corrected chi connectivity index (χ0v) is 16.3. The predicted octanol–water partition coefficient (Wildman–Crippen LogP) is 2.95. The number of hydrogen-bond donors (Lipinski definition) is 1. The van der Waals surface area contributed by atoms with Crippen LogP contribution in [-0.2, 0) is 18.9 Å². The van der Waals surface area contributed by atoms with E-state index in [-0.39, 0.29) is 12.5 Å². The van der Waals surface area contributed by atoms with Gasteiger partial charge in [-0.3, -0.25) is 4.79 Å². The summed E-state index contributed by atoms with van der Waals surface area (Å²) in [4.78, 5) is 15.7. The van der Waals surface area contributed by atoms with Crippen LogP contribution in [0.25, 0.3) is 10.4 Å². The van der Waals surface area contributed by atoms with Crippen LogP contribution in [0.1, 0.15) is 22.2 Å². The van der Waals surface area contributed by atoms with Gasteiger partial charge in [0.25, 0.3) is 5.91 Å². The van der Waals surface area contributed by atoms with Gasteiger partial charge in [0.2, 0.25) is 0 Å². The van der Waals surface area contributed by atoms with Crippen molar-refractivity contribution >= 4 is 5.91 Å². The summed E-state index contributed by atoms with van der Waals surface area (Å²) >= 11 is 0. The normalized spacial score (nSPS) is 30.6. The van der Waals surface area contributed by atoms with Crippen LogP contribution in [0.2, 0.25) is 0 Å². The van der Waals surface area contributed by atoms with Gasteiger partial charge in [-0.05, 0) is 17.7 Å². The van der Waals surface area contributed by atoms with E-state index in [1.807, 2.05) is 36.4 Å². The summed E-state index contributed by atoms with van der Waals surface area (Å²) in [5.41, 5.74) is 10.5. The molecule has 9 heteroatoms. The Morgan fingerprint density at radius 2 is 1.83 bits per heavy atom. The van der Waals surface area contributed by atoms with Crippen LogP contribution in [0.4, 0.5) is 0 Å². The summed E-state index contributed by atoms with van der Waals surface area (Å²) in [6.45, 7) is 0.237. The number of nitrogens with zero attached hydrogens (tertiary/aromatic N) is 3. The Bertz CT molecular complexity index is 906. The highest BCUT2D eigenvalue weighted by atomic mass is 16.7. The third-order valence-corrected chi connectivity index (χ3v) is 5.19. The fraction of sp³-hybridized carbons (Fsp3) is 0.381. The van der Waals surface area contributed by atoms with Crippen molar-refractivity contribution in [3.8, 4) is 0 Å². The van der Waals surface area contributed by atoms with E-state index in [1.54, 1.807) is 24.3 Å². The quantitative estimate of drug-likeness (QED) is 0.462. The van der Waals surface area contributed by atoms with E-state index in [2.05, 4.69) is 15.3 Å². The molecule has 2 heterocycles. The van der Waals surface area contributed by atoms with Crippen LogP contribution in [0.15, 0.2) is 65.8 Å². The number of ether oxygens (including phenoxy) is 4. The third-order valence-electron chi connectivity index (χ3n) is 5.19. The van der Waals surface area contributed by atoms with Gasteiger partial charge >= 0.3 is 0 Å². The molecule has 0 aliphatic carbocycles. The molecule has 2 aromatic rings. The molecule has 0 bridgehead atoms. The minimum absolute atomic E-state index is 0.237. The van der Waals surface area contributed by atoms with Crippen LogP contribution < -0.4 is 5.32 Å². The largest absolute Gasteiger partial charge is 0.354 e. The van der Waals surface area contributed by atoms with Gasteiger partial charge in [0.05, 0.1) is 18.7 Å². The fourth-order valence-corrected chi connectivity index (χ4v) is 3.75. The molecule has 2 aliphatic rings. The molecule has 9 nitrogen and oxygen atoms in total. The molecule has 0 unspecified atom stereocenters. The van der Waals surface area contributed by atoms with Crippen molar-refractivity contribution in [3.05, 3.63) is 82.2 Å². The predicted molar refractivity (Wildman–Crippen MR) is 106 cm³/mol. The zero-order chi connectivity index (χ0) is 20.9. The van der Waals surface area contributed by atoms with E-state index in [1.165, 1.54) is 7.11 Å². The number of hydrogen-bond acceptors (Lipinski definition) is 6. The second kappa shape index (κ2) is 9.25. The van der Waals surface area contributed by atoms with Crippen molar-refractivity contribution in [2.24, 2.45) is 5.11 Å². The van der Waals surface area contributed by atoms with Crippen molar-refractivity contribution in [1.82, 2.24) is 5.32 Å². The number of benzene rings is 2. The minimum atomic E-state index is -0.824. The molecule has 2 aromatic carbocycles. The molecule has 0 aromatic heterocycles. The average Bonchev–Trinajstić information content (AvgIpc) is 2.81. The second-order valence-corrected chi connectivity index (χ2v) is 7.02. The van der Waals surface area contributed by atoms with Crippen molar-refractivity contribution in [1.29, 1.82) is 0 Å². The van der Waals surface area contributed by atoms with Crippen LogP contribution in [-0.4, -0.2) is 50.2 Å². The molecule has 2 saturated heterocycles. The SMILES string of the molecule is CO[C@@H]1O[C@@H]2CO[C@H](c3ccccc3)O[C@H]2[C@H](N=[N+]=[N-])[C@H]1NC(=O)c1ccccc1. The Hall–Kier alpha value is -2.94. The van der Waals surface area contributed by atoms with E-state index in [0.717, 1.165) is 5.56 Å². The van der Waals surface area contributed by atoms with Gasteiger partial charge in [-0.1, -0.05) is 53.6 Å². The summed E-state index contributed by atoms with van der Waals surface area (Å²) in [5, 5.41) is 6.83. The smallest absolute Gasteiger partial charge is 0.251 e. The Labute approximate surface area is 173 Å². The Balaban J connectivity index is 1.59. The number of nitrogens with one attached hydrogen (secondary N) is 1. The molecule has 0 saturated carbocycles. The first-order valence-electron chi connectivity index (χ1n) is 9.61. The number of methoxy groups -OCH3 is 1. The summed E-state index contributed by atoms with van der Waals surface area (Å²) in [5.74, 6) is -0.325. The van der Waals surface area contributed by atoms with Crippen molar-refractivity contribution in [2.45, 2.75) is 36.9 Å². The van der Waals surface area contributed by atoms with Crippen LogP contribution in [0, 0.1) is 0 Å². The molecule has 4 rings (SSSR count). The van der Waals surface area contributed by atoms with Crippen molar-refractivity contribution < 1.29 is 23.7 Å². The summed E-state index contributed by atoms with van der Waals surface area (Å²) in [7, 11) is 1.47. The van der Waals surface area contributed by atoms with Gasteiger partial charge in [0, 0.05) is 23.1 Å². The topological polar surface area (TPSA) is 115 Å². The van der Waals surface area contributed by atoms with Gasteiger partial charge < -0.3 is 24.3 Å². The molecule has 0 radical (unpaired) electrons. The van der Waals surface area contributed by atoms with Gasteiger partial charge in [0.15, 0.2) is 12.6 Å². The summed E-state index contributed by atoms with van der Waals surface area (Å²) in [6, 6.07) is 16.7. The lowest BCUT2D eigenvalue weighted by molar-refractivity contribution is -0.322. The van der Waals surface area contributed by atoms with E-state index in [4.69, 9.17) is 18.9 Å². The van der Waals surface area contributed by atoms with Gasteiger partial charge in [0.1, 0.15) is 12.2 Å². The first-order chi connectivity index (χ1) is 14.7. The van der Waals surface area contributed by atoms with Crippen LogP contribution in [0.5, 0.6) is 0 Å². The molecular formula is C21H22N4O5. The molecule has 1 N–H and O–H groups in total. The van der Waals surface area contributed by atoms with E-state index < -0.39 is 36.9 Å². The molecule has 1 amide bonds. The van der Waals surface area contributed by atoms with Gasteiger partial charge in [-0.2, -0.15) is 0 Å². The van der Waals surface area contributed by atoms with E-state index in [0.29, 0.717) is 5.56 Å². The number of fused-ring (bicyclic) bond motifs is 1. The average molecular weight is 410 g/mol. The Morgan fingerprint density at radius 3 is 2.50 bits per heavy atom. The highest BCUT2D eigenvalue weighted by Crippen LogP contribution is 2.35. The fourth-order valence-electron chi connectivity index (χ4n) is 3.75.